The SMILES string of the molecule is CC1=Cc2c(C(C)C)cc(C(C)C)cc2[CH]1[Ti]([CH3])([CH3])[C](C)(C)[Ti]([CH3])([CH3])[CH]1C(C)=Cc2c(C(C)C)cc(C(C)C)cc21. The molecule has 41 heavy (non-hydrogen) atoms. The minimum atomic E-state index is -2.56. The van der Waals surface area contributed by atoms with E-state index in [4.69, 9.17) is 0 Å². The Bertz CT molecular complexity index is 1290. The number of rotatable bonds is 8. The molecule has 224 valence electrons. The Labute approximate surface area is 261 Å². The van der Waals surface area contributed by atoms with Crippen molar-refractivity contribution in [1.29, 1.82) is 0 Å². The van der Waals surface area contributed by atoms with Crippen molar-refractivity contribution in [2.24, 2.45) is 0 Å². The van der Waals surface area contributed by atoms with E-state index in [0.29, 0.717) is 34.1 Å². The summed E-state index contributed by atoms with van der Waals surface area (Å²) in [6.45, 7) is 29.4. The Morgan fingerprint density at radius 3 is 1.12 bits per heavy atom. The van der Waals surface area contributed by atoms with Gasteiger partial charge in [-0.15, -0.1) is 0 Å². The maximum absolute atomic E-state index is 2.81. The van der Waals surface area contributed by atoms with Gasteiger partial charge in [-0.3, -0.25) is 0 Å². The van der Waals surface area contributed by atoms with Gasteiger partial charge in [-0.25, -0.2) is 0 Å². The molecule has 0 fully saturated rings. The Hall–Kier alpha value is -0.651. The molecule has 4 rings (SSSR count). The Morgan fingerprint density at radius 2 is 0.854 bits per heavy atom. The summed E-state index contributed by atoms with van der Waals surface area (Å²) in [6, 6.07) is 10.3. The third-order valence-electron chi connectivity index (χ3n) is 12.1. The summed E-state index contributed by atoms with van der Waals surface area (Å²) in [6.07, 6.45) is 5.20. The van der Waals surface area contributed by atoms with Gasteiger partial charge in [-0.2, -0.15) is 0 Å². The van der Waals surface area contributed by atoms with Crippen LogP contribution in [0.5, 0.6) is 0 Å². The molecule has 0 aliphatic heterocycles. The third-order valence-corrected chi connectivity index (χ3v) is 37.3. The van der Waals surface area contributed by atoms with E-state index in [1.165, 1.54) is 11.1 Å². The van der Waals surface area contributed by atoms with Crippen LogP contribution in [0.2, 0.25) is 22.9 Å². The van der Waals surface area contributed by atoms with Gasteiger partial charge in [-0.1, -0.05) is 0 Å². The molecule has 2 aliphatic rings. The Morgan fingerprint density at radius 1 is 0.537 bits per heavy atom. The minimum absolute atomic E-state index is 0.403. The fraction of sp³-hybridized carbons (Fsp3) is 0.590. The van der Waals surface area contributed by atoms with Crippen LogP contribution in [0, 0.1) is 0 Å². The first-order valence-electron chi connectivity index (χ1n) is 16.5. The molecule has 0 saturated carbocycles. The molecule has 0 amide bonds. The molecule has 0 bridgehead atoms. The standard InChI is InChI=1S/2C16H21.C3H6.4CH3.2Ti/c2*1-10(2)13-8-14-6-12(5)7-16(14)15(9-13)11(3)4;1-3-2;;;;;;/h2*6-11H,1-5H3;1-2H3;4*1H3;;. The third kappa shape index (κ3) is 5.34. The predicted molar refractivity (Wildman–Crippen MR) is 180 cm³/mol. The molecule has 0 nitrogen and oxygen atoms in total. The second-order valence-corrected chi connectivity index (χ2v) is 34.2. The van der Waals surface area contributed by atoms with Crippen molar-refractivity contribution in [3.05, 3.63) is 79.9 Å². The number of hydrogen-bond acceptors (Lipinski definition) is 0. The molecule has 0 radical (unpaired) electrons. The molecule has 2 aliphatic carbocycles. The summed E-state index contributed by atoms with van der Waals surface area (Å²) in [5.41, 5.74) is 16.0. The molecular formula is C39H60Ti2. The average molecular weight is 625 g/mol. The molecule has 0 aromatic heterocycles. The number of fused-ring (bicyclic) bond motifs is 2. The quantitative estimate of drug-likeness (QED) is 0.256. The van der Waals surface area contributed by atoms with E-state index in [9.17, 15) is 0 Å². The Balaban J connectivity index is 1.88. The number of benzene rings is 2. The van der Waals surface area contributed by atoms with Gasteiger partial charge in [0.2, 0.25) is 0 Å². The zero-order valence-electron chi connectivity index (χ0n) is 29.4. The van der Waals surface area contributed by atoms with Gasteiger partial charge in [-0.05, 0) is 0 Å². The second kappa shape index (κ2) is 11.4. The molecule has 2 aromatic carbocycles. The van der Waals surface area contributed by atoms with Gasteiger partial charge < -0.3 is 0 Å². The average Bonchev–Trinajstić information content (AvgIpc) is 3.37. The van der Waals surface area contributed by atoms with Gasteiger partial charge in [0.05, 0.1) is 0 Å². The van der Waals surface area contributed by atoms with Gasteiger partial charge in [0, 0.05) is 0 Å². The Kier molecular flexibility index (Phi) is 9.22. The fourth-order valence-electron chi connectivity index (χ4n) is 8.46. The molecular weight excluding hydrogens is 564 g/mol. The van der Waals surface area contributed by atoms with Crippen LogP contribution in [0.3, 0.4) is 0 Å². The van der Waals surface area contributed by atoms with E-state index < -0.39 is 33.2 Å². The zero-order valence-corrected chi connectivity index (χ0v) is 32.6. The van der Waals surface area contributed by atoms with Gasteiger partial charge in [0.1, 0.15) is 0 Å². The van der Waals surface area contributed by atoms with Gasteiger partial charge >= 0.3 is 263 Å². The van der Waals surface area contributed by atoms with Crippen LogP contribution in [0.4, 0.5) is 0 Å². The van der Waals surface area contributed by atoms with Crippen molar-refractivity contribution >= 4 is 12.2 Å². The van der Waals surface area contributed by atoms with E-state index in [0.717, 1.165) is 0 Å². The summed E-state index contributed by atoms with van der Waals surface area (Å²) in [7, 11) is 0. The van der Waals surface area contributed by atoms with E-state index in [1.807, 2.05) is 0 Å². The fourth-order valence-corrected chi connectivity index (χ4v) is 32.8. The molecule has 0 spiro atoms. The van der Waals surface area contributed by atoms with E-state index in [2.05, 4.69) is 140 Å². The number of allylic oxidation sites excluding steroid dienone is 2. The molecule has 2 heteroatoms. The predicted octanol–water partition coefficient (Wildman–Crippen LogP) is 13.5. The molecule has 0 heterocycles. The molecule has 0 N–H and O–H groups in total. The first-order valence-corrected chi connectivity index (χ1v) is 26.1. The van der Waals surface area contributed by atoms with Crippen molar-refractivity contribution in [2.45, 2.75) is 138 Å². The van der Waals surface area contributed by atoms with Crippen LogP contribution >= 0.6 is 0 Å². The van der Waals surface area contributed by atoms with Crippen LogP contribution in [-0.2, 0) is 33.2 Å². The van der Waals surface area contributed by atoms with Crippen LogP contribution in [0.1, 0.15) is 160 Å². The summed E-state index contributed by atoms with van der Waals surface area (Å²) < 4.78 is 1.68. The van der Waals surface area contributed by atoms with E-state index >= 15 is 0 Å². The molecule has 2 unspecified atom stereocenters. The molecule has 2 aromatic rings. The van der Waals surface area contributed by atoms with Crippen molar-refractivity contribution in [3.8, 4) is 0 Å². The molecule has 0 saturated heterocycles. The van der Waals surface area contributed by atoms with Crippen LogP contribution < -0.4 is 0 Å². The summed E-state index contributed by atoms with van der Waals surface area (Å²) in [5, 5.41) is 11.2. The first kappa shape index (κ1) is 33.2. The molecule has 2 atom stereocenters. The van der Waals surface area contributed by atoms with Gasteiger partial charge in [0.25, 0.3) is 0 Å². The van der Waals surface area contributed by atoms with Crippen molar-refractivity contribution in [1.82, 2.24) is 0 Å². The summed E-state index contributed by atoms with van der Waals surface area (Å²) in [5.74, 6) is 2.22. The zero-order chi connectivity index (χ0) is 31.0. The number of hydrogen-bond donors (Lipinski definition) is 0. The first-order chi connectivity index (χ1) is 18.7. The topological polar surface area (TPSA) is 0 Å². The second-order valence-electron chi connectivity index (χ2n) is 16.6. The van der Waals surface area contributed by atoms with Crippen LogP contribution in [0.15, 0.2) is 35.4 Å². The van der Waals surface area contributed by atoms with Gasteiger partial charge in [0.15, 0.2) is 0 Å². The van der Waals surface area contributed by atoms with E-state index in [1.54, 1.807) is 44.5 Å². The summed E-state index contributed by atoms with van der Waals surface area (Å²) >= 11 is -5.12. The van der Waals surface area contributed by atoms with Crippen LogP contribution in [0.25, 0.3) is 12.2 Å². The van der Waals surface area contributed by atoms with Crippen molar-refractivity contribution in [2.75, 3.05) is 0 Å². The van der Waals surface area contributed by atoms with E-state index in [-0.39, 0.29) is 0 Å². The monoisotopic (exact) mass is 624 g/mol. The summed E-state index contributed by atoms with van der Waals surface area (Å²) in [4.78, 5) is 0. The normalized spacial score (nSPS) is 19.4. The van der Waals surface area contributed by atoms with Crippen molar-refractivity contribution < 1.29 is 33.2 Å². The maximum atomic E-state index is 2.81. The van der Waals surface area contributed by atoms with Crippen molar-refractivity contribution in [3.63, 3.8) is 0 Å². The van der Waals surface area contributed by atoms with Crippen LogP contribution in [-0.4, -0.2) is 0 Å².